The van der Waals surface area contributed by atoms with Gasteiger partial charge in [-0.05, 0) is 30.7 Å². The monoisotopic (exact) mass is 347 g/mol. The Balaban J connectivity index is 2.12. The molecular weight excluding hydrogens is 322 g/mol. The number of nitrogens with one attached hydrogen (secondary N) is 3. The molecule has 2 rings (SSSR count). The number of aromatic amines is 1. The van der Waals surface area contributed by atoms with Gasteiger partial charge in [0.1, 0.15) is 0 Å². The van der Waals surface area contributed by atoms with Gasteiger partial charge >= 0.3 is 0 Å². The van der Waals surface area contributed by atoms with Crippen molar-refractivity contribution in [2.24, 2.45) is 4.99 Å². The lowest BCUT2D eigenvalue weighted by molar-refractivity contribution is 0.324. The van der Waals surface area contributed by atoms with Crippen LogP contribution in [0.4, 0.5) is 0 Å². The molecule has 3 N–H and O–H groups in total. The molecule has 0 spiro atoms. The number of H-pyrrole nitrogens is 1. The molecule has 0 atom stereocenters. The van der Waals surface area contributed by atoms with Gasteiger partial charge in [-0.1, -0.05) is 0 Å². The zero-order valence-corrected chi connectivity index (χ0v) is 15.0. The van der Waals surface area contributed by atoms with Crippen molar-refractivity contribution in [3.8, 4) is 17.2 Å². The molecule has 1 heterocycles. The maximum Gasteiger partial charge on any atom is 0.203 e. The second-order valence-electron chi connectivity index (χ2n) is 5.16. The summed E-state index contributed by atoms with van der Waals surface area (Å²) in [7, 11) is 4.78. The van der Waals surface area contributed by atoms with E-state index in [-0.39, 0.29) is 0 Å². The van der Waals surface area contributed by atoms with Gasteiger partial charge in [0.15, 0.2) is 17.5 Å². The second kappa shape index (κ2) is 9.41. The van der Waals surface area contributed by atoms with E-state index in [0.717, 1.165) is 17.8 Å². The van der Waals surface area contributed by atoms with Crippen LogP contribution in [0.25, 0.3) is 0 Å². The molecule has 0 unspecified atom stereocenters. The first kappa shape index (κ1) is 18.4. The lowest BCUT2D eigenvalue weighted by Crippen LogP contribution is -2.36. The standard InChI is InChI=1S/C17H25N5O3/c1-5-18-17(20-11-13-6-7-21-22-13)19-10-12-8-14(23-2)16(25-4)15(9-12)24-3/h6-9H,5,10-11H2,1-4H3,(H,21,22)(H2,18,19,20). The Morgan fingerprint density at radius 3 is 2.36 bits per heavy atom. The minimum Gasteiger partial charge on any atom is -0.493 e. The van der Waals surface area contributed by atoms with Crippen LogP contribution >= 0.6 is 0 Å². The van der Waals surface area contributed by atoms with E-state index in [1.165, 1.54) is 0 Å². The predicted molar refractivity (Wildman–Crippen MR) is 96.3 cm³/mol. The summed E-state index contributed by atoms with van der Waals surface area (Å²) < 4.78 is 16.1. The van der Waals surface area contributed by atoms with Crippen LogP contribution in [-0.4, -0.2) is 44.0 Å². The minimum atomic E-state index is 0.467. The highest BCUT2D eigenvalue weighted by atomic mass is 16.5. The van der Waals surface area contributed by atoms with Gasteiger partial charge in [0, 0.05) is 12.7 Å². The number of hydrogen-bond acceptors (Lipinski definition) is 5. The van der Waals surface area contributed by atoms with E-state index in [1.807, 2.05) is 25.1 Å². The van der Waals surface area contributed by atoms with Crippen LogP contribution in [0, 0.1) is 0 Å². The summed E-state index contributed by atoms with van der Waals surface area (Å²) in [6, 6.07) is 5.70. The molecule has 0 bridgehead atoms. The summed E-state index contributed by atoms with van der Waals surface area (Å²) in [5.41, 5.74) is 1.94. The largest absolute Gasteiger partial charge is 0.493 e. The zero-order valence-electron chi connectivity index (χ0n) is 15.0. The Morgan fingerprint density at radius 1 is 1.12 bits per heavy atom. The molecule has 136 valence electrons. The Hall–Kier alpha value is -2.90. The molecule has 0 amide bonds. The van der Waals surface area contributed by atoms with Crippen molar-refractivity contribution in [2.45, 2.75) is 20.0 Å². The highest BCUT2D eigenvalue weighted by molar-refractivity contribution is 5.79. The smallest absolute Gasteiger partial charge is 0.203 e. The van der Waals surface area contributed by atoms with Crippen molar-refractivity contribution in [3.05, 3.63) is 35.7 Å². The van der Waals surface area contributed by atoms with Crippen molar-refractivity contribution in [3.63, 3.8) is 0 Å². The van der Waals surface area contributed by atoms with Crippen molar-refractivity contribution in [2.75, 3.05) is 27.9 Å². The number of benzene rings is 1. The summed E-state index contributed by atoms with van der Waals surface area (Å²) in [4.78, 5) is 4.60. The van der Waals surface area contributed by atoms with E-state index in [9.17, 15) is 0 Å². The van der Waals surface area contributed by atoms with Gasteiger partial charge in [-0.2, -0.15) is 5.10 Å². The van der Waals surface area contributed by atoms with Crippen LogP contribution in [0.2, 0.25) is 0 Å². The average Bonchev–Trinajstić information content (AvgIpc) is 3.16. The van der Waals surface area contributed by atoms with Crippen molar-refractivity contribution >= 4 is 5.96 Å². The number of hydrogen-bond donors (Lipinski definition) is 3. The first-order valence-electron chi connectivity index (χ1n) is 8.01. The summed E-state index contributed by atoms with van der Waals surface area (Å²) in [5.74, 6) is 2.51. The number of aliphatic imine (C=N–C) groups is 1. The molecule has 0 saturated heterocycles. The van der Waals surface area contributed by atoms with Gasteiger partial charge in [0.05, 0.1) is 40.1 Å². The number of rotatable bonds is 8. The van der Waals surface area contributed by atoms with E-state index in [0.29, 0.717) is 36.3 Å². The highest BCUT2D eigenvalue weighted by Gasteiger charge is 2.13. The Morgan fingerprint density at radius 2 is 1.84 bits per heavy atom. The van der Waals surface area contributed by atoms with Gasteiger partial charge in [-0.25, -0.2) is 4.99 Å². The third kappa shape index (κ3) is 5.03. The molecule has 1 aromatic carbocycles. The Labute approximate surface area is 147 Å². The average molecular weight is 347 g/mol. The number of aromatic nitrogens is 2. The van der Waals surface area contributed by atoms with Crippen LogP contribution < -0.4 is 24.8 Å². The Kier molecular flexibility index (Phi) is 6.94. The van der Waals surface area contributed by atoms with E-state index >= 15 is 0 Å². The normalized spacial score (nSPS) is 11.1. The van der Waals surface area contributed by atoms with Crippen LogP contribution in [0.5, 0.6) is 17.2 Å². The SMILES string of the molecule is CCNC(=NCc1cc(OC)c(OC)c(OC)c1)NCc1ccn[nH]1. The van der Waals surface area contributed by atoms with Crippen molar-refractivity contribution in [1.29, 1.82) is 0 Å². The van der Waals surface area contributed by atoms with Gasteiger partial charge in [0.2, 0.25) is 5.75 Å². The lowest BCUT2D eigenvalue weighted by atomic mass is 10.2. The lowest BCUT2D eigenvalue weighted by Gasteiger charge is -2.14. The van der Waals surface area contributed by atoms with Gasteiger partial charge in [0.25, 0.3) is 0 Å². The fourth-order valence-electron chi connectivity index (χ4n) is 2.30. The van der Waals surface area contributed by atoms with E-state index in [1.54, 1.807) is 27.5 Å². The fraction of sp³-hybridized carbons (Fsp3) is 0.412. The number of ether oxygens (including phenoxy) is 3. The molecular formula is C17H25N5O3. The molecule has 0 saturated carbocycles. The predicted octanol–water partition coefficient (Wildman–Crippen LogP) is 1.69. The maximum absolute atomic E-state index is 5.37. The van der Waals surface area contributed by atoms with Crippen LogP contribution in [-0.2, 0) is 13.1 Å². The Bertz CT molecular complexity index is 661. The minimum absolute atomic E-state index is 0.467. The third-order valence-electron chi connectivity index (χ3n) is 3.49. The topological polar surface area (TPSA) is 92.8 Å². The number of nitrogens with zero attached hydrogens (tertiary/aromatic N) is 2. The van der Waals surface area contributed by atoms with Gasteiger partial charge in [-0.15, -0.1) is 0 Å². The number of guanidine groups is 1. The summed E-state index contributed by atoms with van der Waals surface area (Å²) in [6.07, 6.45) is 1.72. The molecule has 1 aromatic heterocycles. The summed E-state index contributed by atoms with van der Waals surface area (Å²) >= 11 is 0. The molecule has 2 aromatic rings. The van der Waals surface area contributed by atoms with Gasteiger partial charge < -0.3 is 24.8 Å². The fourth-order valence-corrected chi connectivity index (χ4v) is 2.30. The number of methoxy groups -OCH3 is 3. The third-order valence-corrected chi connectivity index (χ3v) is 3.49. The molecule has 0 aliphatic rings. The second-order valence-corrected chi connectivity index (χ2v) is 5.16. The first-order chi connectivity index (χ1) is 12.2. The molecule has 25 heavy (non-hydrogen) atoms. The maximum atomic E-state index is 5.37. The molecule has 8 nitrogen and oxygen atoms in total. The highest BCUT2D eigenvalue weighted by Crippen LogP contribution is 2.38. The van der Waals surface area contributed by atoms with Crippen molar-refractivity contribution in [1.82, 2.24) is 20.8 Å². The summed E-state index contributed by atoms with van der Waals surface area (Å²) in [6.45, 7) is 3.87. The molecule has 8 heteroatoms. The quantitative estimate of drug-likeness (QED) is 0.497. The van der Waals surface area contributed by atoms with Crippen LogP contribution in [0.3, 0.4) is 0 Å². The van der Waals surface area contributed by atoms with Crippen molar-refractivity contribution < 1.29 is 14.2 Å². The van der Waals surface area contributed by atoms with E-state index < -0.39 is 0 Å². The molecule has 0 aliphatic carbocycles. The summed E-state index contributed by atoms with van der Waals surface area (Å²) in [5, 5.41) is 13.3. The van der Waals surface area contributed by atoms with Crippen LogP contribution in [0.15, 0.2) is 29.4 Å². The van der Waals surface area contributed by atoms with E-state index in [4.69, 9.17) is 14.2 Å². The van der Waals surface area contributed by atoms with E-state index in [2.05, 4.69) is 25.8 Å². The molecule has 0 fully saturated rings. The van der Waals surface area contributed by atoms with Gasteiger partial charge in [-0.3, -0.25) is 5.10 Å². The zero-order chi connectivity index (χ0) is 18.1. The molecule has 0 radical (unpaired) electrons. The molecule has 0 aliphatic heterocycles. The van der Waals surface area contributed by atoms with Crippen LogP contribution in [0.1, 0.15) is 18.2 Å². The first-order valence-corrected chi connectivity index (χ1v) is 8.01.